The molecule has 3 unspecified atom stereocenters. The molecule has 5 aliphatic carbocycles. The Labute approximate surface area is 860 Å². The molecule has 5 aliphatic rings. The third-order valence-corrected chi connectivity index (χ3v) is 35.3. The van der Waals surface area contributed by atoms with Crippen LogP contribution in [-0.2, 0) is 10.8 Å². The standard InChI is InChI=1S/C145H92N4/c1-143(79-31-58-130-142(143)115-49-14-24-56-128(115)145(130)125-53-21-11-42-108(125)109-43-12-22-54-126(109)145)141(95-70-78-138-122(85-95)113-47-18-28-62-134(113)149(138)99-72-74-105-103-38-6-5-36-101(103)102-37-7-8-39-104(102)118(105)87-99)94-69-77-137-121(84-94)112-46-17-26-60-132(112)147(137)97-35-29-32-89(81-97)90-66-73-100-91(80-90)64-63-88-65-71-98(86-117(88)100)148-133-61-27-16-45-111(133)120-83-93(68-76-136(120)148)139(92-67-75-135-119(82-92)110-44-15-25-59-131(110)146(135)96-33-3-2-4-34-96)116-50-30-57-129-140(116)114-48-13-23-55-127(114)144(129)123-51-19-9-40-106(123)107-41-10-20-52-124(107)144/h2-78,80-87,139,141H,79H2,1H3. The molecular formula is C145H92N4. The lowest BCUT2D eigenvalue weighted by Crippen LogP contribution is -2.32. The van der Waals surface area contributed by atoms with E-state index in [-0.39, 0.29) is 11.8 Å². The van der Waals surface area contributed by atoms with Crippen LogP contribution in [0.5, 0.6) is 0 Å². The number of para-hydroxylation sites is 5. The monoisotopic (exact) mass is 1890 g/mol. The summed E-state index contributed by atoms with van der Waals surface area (Å²) in [5, 5.41) is 22.3. The summed E-state index contributed by atoms with van der Waals surface area (Å²) < 4.78 is 10.0. The average molecular weight is 1890 g/mol. The SMILES string of the molecule is CC1(C(c2ccc3c(c2)c2ccccc2n3-c2cccc(-c3ccc4c(ccc5ccc(-n6c7ccccc7c7cc(C(c8ccc9c(c8)c8ccccc8n9-c8ccccc8)c8cccc9c8-c8ccccc8C98c9ccccc9-c9ccccc98)ccc76)cc54)c3)c2)c2ccc3c(c2)c2ccccc2n3-c2ccc3c4ccccc4c4ccccc4c3c2)CC=CC2=C1c1ccccc1C21c2ccccc2-c2ccccc21. The number of rotatable bonds is 11. The molecular weight excluding hydrogens is 1800 g/mol. The van der Waals surface area contributed by atoms with Gasteiger partial charge in [-0.05, 0) is 316 Å². The van der Waals surface area contributed by atoms with Gasteiger partial charge in [0.25, 0.3) is 0 Å². The molecule has 24 aromatic carbocycles. The van der Waals surface area contributed by atoms with Crippen LogP contribution in [0.2, 0.25) is 0 Å². The van der Waals surface area contributed by atoms with Crippen molar-refractivity contribution < 1.29 is 0 Å². The summed E-state index contributed by atoms with van der Waals surface area (Å²) in [5.41, 5.74) is 42.6. The highest BCUT2D eigenvalue weighted by Gasteiger charge is 2.58. The van der Waals surface area contributed by atoms with Crippen LogP contribution in [-0.4, -0.2) is 18.3 Å². The lowest BCUT2D eigenvalue weighted by Gasteiger charge is -2.43. The average Bonchev–Trinajstić information content (AvgIpc) is 1.50. The molecule has 0 aliphatic heterocycles. The van der Waals surface area contributed by atoms with Gasteiger partial charge in [0.15, 0.2) is 0 Å². The summed E-state index contributed by atoms with van der Waals surface area (Å²) >= 11 is 0. The lowest BCUT2D eigenvalue weighted by atomic mass is 9.59. The fraction of sp³-hybridized carbons (Fsp3) is 0.0483. The maximum absolute atomic E-state index is 2.61. The molecule has 0 radical (unpaired) electrons. The molecule has 0 saturated heterocycles. The predicted molar refractivity (Wildman–Crippen MR) is 622 cm³/mol. The van der Waals surface area contributed by atoms with Gasteiger partial charge < -0.3 is 18.3 Å². The number of aromatic nitrogens is 4. The number of hydrogen-bond acceptors (Lipinski definition) is 0. The highest BCUT2D eigenvalue weighted by Crippen LogP contribution is 2.70. The number of allylic oxidation sites excluding steroid dienone is 4. The summed E-state index contributed by atoms with van der Waals surface area (Å²) in [4.78, 5) is 0. The number of hydrogen-bond donors (Lipinski definition) is 0. The van der Waals surface area contributed by atoms with Crippen molar-refractivity contribution in [1.82, 2.24) is 18.3 Å². The summed E-state index contributed by atoms with van der Waals surface area (Å²) in [5.74, 6) is -0.311. The van der Waals surface area contributed by atoms with E-state index in [1.54, 1.807) is 0 Å². The zero-order valence-electron chi connectivity index (χ0n) is 81.7. The second kappa shape index (κ2) is 30.9. The highest BCUT2D eigenvalue weighted by molar-refractivity contribution is 6.26. The van der Waals surface area contributed by atoms with Crippen molar-refractivity contribution in [2.24, 2.45) is 5.41 Å². The van der Waals surface area contributed by atoms with Crippen molar-refractivity contribution in [2.45, 2.75) is 36.0 Å². The first kappa shape index (κ1) is 82.7. The van der Waals surface area contributed by atoms with Crippen molar-refractivity contribution in [1.29, 1.82) is 0 Å². The summed E-state index contributed by atoms with van der Waals surface area (Å²) in [6.07, 6.45) is 5.90. The topological polar surface area (TPSA) is 19.7 Å². The first-order valence-corrected chi connectivity index (χ1v) is 52.5. The van der Waals surface area contributed by atoms with E-state index in [9.17, 15) is 0 Å². The van der Waals surface area contributed by atoms with E-state index in [0.29, 0.717) is 0 Å². The van der Waals surface area contributed by atoms with Crippen molar-refractivity contribution in [3.05, 3.63) is 594 Å². The first-order chi connectivity index (χ1) is 73.8. The smallest absolute Gasteiger partial charge is 0.0725 e. The van der Waals surface area contributed by atoms with Gasteiger partial charge in [0.1, 0.15) is 0 Å². The number of nitrogens with zero attached hydrogens (tertiary/aromatic N) is 4. The quantitative estimate of drug-likeness (QED) is 0.0908. The summed E-state index contributed by atoms with van der Waals surface area (Å²) in [6.45, 7) is 2.61. The van der Waals surface area contributed by atoms with Crippen LogP contribution in [0.3, 0.4) is 0 Å². The minimum Gasteiger partial charge on any atom is -0.309 e. The second-order valence-electron chi connectivity index (χ2n) is 42.4. The van der Waals surface area contributed by atoms with E-state index >= 15 is 0 Å². The molecule has 0 bridgehead atoms. The molecule has 0 amide bonds. The van der Waals surface area contributed by atoms with E-state index in [1.165, 1.54) is 252 Å². The van der Waals surface area contributed by atoms with Crippen molar-refractivity contribution in [3.8, 4) is 67.3 Å². The fourth-order valence-electron chi connectivity index (χ4n) is 29.4. The maximum atomic E-state index is 2.61. The molecule has 0 N–H and O–H groups in total. The zero-order chi connectivity index (χ0) is 97.4. The van der Waals surface area contributed by atoms with Gasteiger partial charge in [-0.2, -0.15) is 0 Å². The lowest BCUT2D eigenvalue weighted by molar-refractivity contribution is 0.391. The van der Waals surface area contributed by atoms with Crippen LogP contribution in [0.15, 0.2) is 521 Å². The van der Waals surface area contributed by atoms with E-state index < -0.39 is 16.2 Å². The zero-order valence-corrected chi connectivity index (χ0v) is 81.7. The van der Waals surface area contributed by atoms with Crippen LogP contribution in [0.25, 0.3) is 214 Å². The van der Waals surface area contributed by atoms with Gasteiger partial charge in [0.05, 0.1) is 55.0 Å². The molecule has 28 aromatic rings. The molecule has 3 atom stereocenters. The van der Waals surface area contributed by atoms with Crippen LogP contribution in [0.1, 0.15) is 97.5 Å². The molecule has 2 spiro atoms. The van der Waals surface area contributed by atoms with Gasteiger partial charge in [0.2, 0.25) is 0 Å². The van der Waals surface area contributed by atoms with Crippen molar-refractivity contribution in [2.75, 3.05) is 0 Å². The van der Waals surface area contributed by atoms with Gasteiger partial charge in [-0.15, -0.1) is 0 Å². The molecule has 33 rings (SSSR count). The third-order valence-electron chi connectivity index (χ3n) is 35.3. The summed E-state index contributed by atoms with van der Waals surface area (Å²) in [7, 11) is 0. The van der Waals surface area contributed by atoms with E-state index in [0.717, 1.165) is 45.8 Å². The molecule has 4 nitrogen and oxygen atoms in total. The molecule has 0 fully saturated rings. The summed E-state index contributed by atoms with van der Waals surface area (Å²) in [6, 6.07) is 193. The molecule has 4 heterocycles. The molecule has 692 valence electrons. The number of fused-ring (bicyclic) bond motifs is 40. The highest BCUT2D eigenvalue weighted by atomic mass is 15.0. The minimum atomic E-state index is -0.511. The van der Waals surface area contributed by atoms with E-state index in [1.807, 2.05) is 0 Å². The third kappa shape index (κ3) is 11.2. The Morgan fingerprint density at radius 2 is 0.557 bits per heavy atom. The Morgan fingerprint density at radius 3 is 1.08 bits per heavy atom. The van der Waals surface area contributed by atoms with Crippen molar-refractivity contribution in [3.63, 3.8) is 0 Å². The van der Waals surface area contributed by atoms with Gasteiger partial charge in [-0.25, -0.2) is 0 Å². The van der Waals surface area contributed by atoms with Crippen LogP contribution in [0.4, 0.5) is 0 Å². The first-order valence-electron chi connectivity index (χ1n) is 52.5. The van der Waals surface area contributed by atoms with E-state index in [4.69, 9.17) is 0 Å². The van der Waals surface area contributed by atoms with Crippen LogP contribution >= 0.6 is 0 Å². The second-order valence-corrected chi connectivity index (χ2v) is 42.4. The maximum Gasteiger partial charge on any atom is 0.0725 e. The Bertz CT molecular complexity index is 10700. The Kier molecular flexibility index (Phi) is 17.2. The van der Waals surface area contributed by atoms with Crippen molar-refractivity contribution >= 4 is 147 Å². The van der Waals surface area contributed by atoms with Gasteiger partial charge in [-0.3, -0.25) is 0 Å². The molecule has 4 heteroatoms. The predicted octanol–water partition coefficient (Wildman–Crippen LogP) is 36.9. The fourth-order valence-corrected chi connectivity index (χ4v) is 29.4. The van der Waals surface area contributed by atoms with Gasteiger partial charge in [0, 0.05) is 83.1 Å². The molecule has 149 heavy (non-hydrogen) atoms. The normalized spacial score (nSPS) is 15.3. The van der Waals surface area contributed by atoms with Crippen LogP contribution < -0.4 is 0 Å². The minimum absolute atomic E-state index is 0.129. The Balaban J connectivity index is 0.513. The van der Waals surface area contributed by atoms with Gasteiger partial charge >= 0.3 is 0 Å². The molecule has 0 saturated carbocycles. The van der Waals surface area contributed by atoms with E-state index in [2.05, 4.69) is 541 Å². The molecule has 4 aromatic heterocycles. The number of benzene rings is 24. The Morgan fingerprint density at radius 1 is 0.208 bits per heavy atom. The van der Waals surface area contributed by atoms with Crippen LogP contribution in [0, 0.1) is 5.41 Å². The van der Waals surface area contributed by atoms with Gasteiger partial charge in [-0.1, -0.05) is 395 Å². The largest absolute Gasteiger partial charge is 0.309 e. The Hall–Kier alpha value is -18.7.